The summed E-state index contributed by atoms with van der Waals surface area (Å²) in [4.78, 5) is 11.6. The molecule has 0 bridgehead atoms. The van der Waals surface area contributed by atoms with E-state index in [-0.39, 0.29) is 18.4 Å². The Labute approximate surface area is 78.7 Å². The molecule has 13 heavy (non-hydrogen) atoms. The van der Waals surface area contributed by atoms with E-state index in [1.54, 1.807) is 0 Å². The fourth-order valence-corrected chi connectivity index (χ4v) is 1.35. The Morgan fingerprint density at radius 3 is 2.85 bits per heavy atom. The van der Waals surface area contributed by atoms with Crippen molar-refractivity contribution in [1.82, 2.24) is 10.6 Å². The zero-order valence-corrected chi connectivity index (χ0v) is 8.26. The van der Waals surface area contributed by atoms with Crippen molar-refractivity contribution in [3.8, 4) is 0 Å². The Bertz CT molecular complexity index is 186. The molecule has 1 atom stereocenters. The van der Waals surface area contributed by atoms with Gasteiger partial charge >= 0.3 is 0 Å². The Hall–Kier alpha value is -0.610. The third kappa shape index (κ3) is 2.97. The van der Waals surface area contributed by atoms with Crippen LogP contribution in [0.4, 0.5) is 0 Å². The average Bonchev–Trinajstić information content (AvgIpc) is 2.55. The van der Waals surface area contributed by atoms with E-state index in [1.165, 1.54) is 0 Å². The normalized spacial score (nSPS) is 23.2. The number of nitrogens with one attached hydrogen (secondary N) is 2. The summed E-state index contributed by atoms with van der Waals surface area (Å²) in [5.41, 5.74) is -0.500. The Morgan fingerprint density at radius 1 is 1.69 bits per heavy atom. The van der Waals surface area contributed by atoms with Crippen molar-refractivity contribution in [2.24, 2.45) is 5.92 Å². The Morgan fingerprint density at radius 2 is 2.38 bits per heavy atom. The van der Waals surface area contributed by atoms with Crippen LogP contribution in [0.1, 0.15) is 20.3 Å². The molecule has 0 aromatic rings. The highest BCUT2D eigenvalue weighted by Gasteiger charge is 2.27. The fraction of sp³-hybridized carbons (Fsp3) is 0.889. The molecule has 4 nitrogen and oxygen atoms in total. The number of rotatable bonds is 3. The summed E-state index contributed by atoms with van der Waals surface area (Å²) in [5.74, 6) is 0.120. The van der Waals surface area contributed by atoms with Gasteiger partial charge in [-0.05, 0) is 26.8 Å². The van der Waals surface area contributed by atoms with E-state index in [9.17, 15) is 4.79 Å². The SMILES string of the molecule is CC(C)(CO)NC(=O)C1CCNC1. The van der Waals surface area contributed by atoms with Crippen LogP contribution in [-0.4, -0.2) is 36.2 Å². The van der Waals surface area contributed by atoms with Crippen LogP contribution in [0.5, 0.6) is 0 Å². The minimum atomic E-state index is -0.500. The minimum absolute atomic E-state index is 0.0289. The molecule has 1 fully saturated rings. The van der Waals surface area contributed by atoms with Gasteiger partial charge in [0, 0.05) is 6.54 Å². The monoisotopic (exact) mass is 186 g/mol. The van der Waals surface area contributed by atoms with E-state index >= 15 is 0 Å². The van der Waals surface area contributed by atoms with Gasteiger partial charge < -0.3 is 15.7 Å². The molecule has 0 saturated carbocycles. The molecule has 1 aliphatic rings. The number of carbonyl (C=O) groups is 1. The second-order valence-corrected chi connectivity index (χ2v) is 4.22. The maximum atomic E-state index is 11.6. The van der Waals surface area contributed by atoms with Crippen LogP contribution in [0.25, 0.3) is 0 Å². The Kier molecular flexibility index (Phi) is 3.27. The third-order valence-electron chi connectivity index (χ3n) is 2.29. The van der Waals surface area contributed by atoms with Crippen LogP contribution < -0.4 is 10.6 Å². The molecule has 4 heteroatoms. The first-order chi connectivity index (χ1) is 6.05. The van der Waals surface area contributed by atoms with Crippen molar-refractivity contribution < 1.29 is 9.90 Å². The van der Waals surface area contributed by atoms with E-state index in [1.807, 2.05) is 13.8 Å². The van der Waals surface area contributed by atoms with Gasteiger partial charge in [0.25, 0.3) is 0 Å². The molecule has 0 spiro atoms. The molecule has 0 aromatic carbocycles. The quantitative estimate of drug-likeness (QED) is 0.556. The maximum absolute atomic E-state index is 11.6. The topological polar surface area (TPSA) is 61.4 Å². The highest BCUT2D eigenvalue weighted by molar-refractivity contribution is 5.79. The number of hydrogen-bond donors (Lipinski definition) is 3. The first kappa shape index (κ1) is 10.5. The average molecular weight is 186 g/mol. The fourth-order valence-electron chi connectivity index (χ4n) is 1.35. The summed E-state index contributed by atoms with van der Waals surface area (Å²) >= 11 is 0. The van der Waals surface area contributed by atoms with Gasteiger partial charge in [0.15, 0.2) is 0 Å². The lowest BCUT2D eigenvalue weighted by Gasteiger charge is -2.25. The van der Waals surface area contributed by atoms with Gasteiger partial charge in [0.2, 0.25) is 5.91 Å². The van der Waals surface area contributed by atoms with Crippen molar-refractivity contribution >= 4 is 5.91 Å². The van der Waals surface area contributed by atoms with Crippen LogP contribution in [0, 0.1) is 5.92 Å². The largest absolute Gasteiger partial charge is 0.394 e. The first-order valence-electron chi connectivity index (χ1n) is 4.69. The lowest BCUT2D eigenvalue weighted by Crippen LogP contribution is -2.48. The summed E-state index contributed by atoms with van der Waals surface area (Å²) < 4.78 is 0. The minimum Gasteiger partial charge on any atom is -0.394 e. The van der Waals surface area contributed by atoms with Gasteiger partial charge in [-0.2, -0.15) is 0 Å². The smallest absolute Gasteiger partial charge is 0.224 e. The van der Waals surface area contributed by atoms with Crippen LogP contribution in [0.3, 0.4) is 0 Å². The molecular formula is C9H18N2O2. The standard InChI is InChI=1S/C9H18N2O2/c1-9(2,6-12)11-8(13)7-3-4-10-5-7/h7,10,12H,3-6H2,1-2H3,(H,11,13). The van der Waals surface area contributed by atoms with Crippen molar-refractivity contribution in [2.45, 2.75) is 25.8 Å². The zero-order valence-electron chi connectivity index (χ0n) is 8.26. The molecule has 1 rings (SSSR count). The molecule has 1 heterocycles. The van der Waals surface area contributed by atoms with Crippen LogP contribution in [0.2, 0.25) is 0 Å². The summed E-state index contributed by atoms with van der Waals surface area (Å²) in [6.07, 6.45) is 0.896. The van der Waals surface area contributed by atoms with E-state index in [0.29, 0.717) is 0 Å². The maximum Gasteiger partial charge on any atom is 0.224 e. The summed E-state index contributed by atoms with van der Waals surface area (Å²) in [7, 11) is 0. The van der Waals surface area contributed by atoms with E-state index in [4.69, 9.17) is 5.11 Å². The Balaban J connectivity index is 2.40. The third-order valence-corrected chi connectivity index (χ3v) is 2.29. The van der Waals surface area contributed by atoms with Gasteiger partial charge in [-0.1, -0.05) is 0 Å². The van der Waals surface area contributed by atoms with Gasteiger partial charge in [0.1, 0.15) is 0 Å². The molecule has 1 unspecified atom stereocenters. The van der Waals surface area contributed by atoms with Crippen molar-refractivity contribution in [2.75, 3.05) is 19.7 Å². The predicted molar refractivity (Wildman–Crippen MR) is 50.3 cm³/mol. The molecule has 3 N–H and O–H groups in total. The van der Waals surface area contributed by atoms with Crippen LogP contribution in [-0.2, 0) is 4.79 Å². The number of aliphatic hydroxyl groups is 1. The zero-order chi connectivity index (χ0) is 9.90. The van der Waals surface area contributed by atoms with Gasteiger partial charge in [-0.25, -0.2) is 0 Å². The van der Waals surface area contributed by atoms with Gasteiger partial charge in [-0.3, -0.25) is 4.79 Å². The highest BCUT2D eigenvalue weighted by Crippen LogP contribution is 2.10. The second-order valence-electron chi connectivity index (χ2n) is 4.22. The van der Waals surface area contributed by atoms with Crippen LogP contribution >= 0.6 is 0 Å². The lowest BCUT2D eigenvalue weighted by molar-refractivity contribution is -0.126. The summed E-state index contributed by atoms with van der Waals surface area (Å²) in [6.45, 7) is 5.27. The van der Waals surface area contributed by atoms with E-state index in [0.717, 1.165) is 19.5 Å². The molecule has 1 aliphatic heterocycles. The molecule has 1 saturated heterocycles. The number of aliphatic hydroxyl groups excluding tert-OH is 1. The number of amides is 1. The van der Waals surface area contributed by atoms with Crippen LogP contribution in [0.15, 0.2) is 0 Å². The number of hydrogen-bond acceptors (Lipinski definition) is 3. The van der Waals surface area contributed by atoms with E-state index < -0.39 is 5.54 Å². The second kappa shape index (κ2) is 4.07. The molecule has 1 amide bonds. The molecule has 0 aromatic heterocycles. The van der Waals surface area contributed by atoms with Crippen molar-refractivity contribution in [3.05, 3.63) is 0 Å². The first-order valence-corrected chi connectivity index (χ1v) is 4.69. The van der Waals surface area contributed by atoms with Crippen molar-refractivity contribution in [3.63, 3.8) is 0 Å². The highest BCUT2D eigenvalue weighted by atomic mass is 16.3. The molecule has 0 aliphatic carbocycles. The predicted octanol–water partition coefficient (Wildman–Crippen LogP) is -0.517. The lowest BCUT2D eigenvalue weighted by atomic mass is 10.0. The molecular weight excluding hydrogens is 168 g/mol. The number of carbonyl (C=O) groups excluding carboxylic acids is 1. The summed E-state index contributed by atoms with van der Waals surface area (Å²) in [5, 5.41) is 14.9. The summed E-state index contributed by atoms with van der Waals surface area (Å²) in [6, 6.07) is 0. The molecule has 76 valence electrons. The van der Waals surface area contributed by atoms with Gasteiger partial charge in [-0.15, -0.1) is 0 Å². The van der Waals surface area contributed by atoms with E-state index in [2.05, 4.69) is 10.6 Å². The van der Waals surface area contributed by atoms with Gasteiger partial charge in [0.05, 0.1) is 18.1 Å². The van der Waals surface area contributed by atoms with Crippen molar-refractivity contribution in [1.29, 1.82) is 0 Å². The molecule has 0 radical (unpaired) electrons.